The van der Waals surface area contributed by atoms with Gasteiger partial charge in [-0.15, -0.1) is 0 Å². The highest BCUT2D eigenvalue weighted by Crippen LogP contribution is 2.32. The number of aromatic nitrogens is 2. The Morgan fingerprint density at radius 3 is 2.74 bits per heavy atom. The van der Waals surface area contributed by atoms with Crippen LogP contribution >= 0.6 is 11.6 Å². The van der Waals surface area contributed by atoms with Gasteiger partial charge < -0.3 is 9.47 Å². The summed E-state index contributed by atoms with van der Waals surface area (Å²) in [6, 6.07) is 4.72. The minimum Gasteiger partial charge on any atom is -0.454 e. The molecule has 2 amide bonds. The van der Waals surface area contributed by atoms with Crippen LogP contribution in [0.4, 0.5) is 0 Å². The molecule has 0 atom stereocenters. The van der Waals surface area contributed by atoms with Crippen LogP contribution in [0.5, 0.6) is 11.5 Å². The standard InChI is InChI=1S/C14H13ClN4O4/c1-2-19-6-9(15)12(18-19)14(21)17-16-13(20)8-3-4-10-11(5-8)23-7-22-10/h3-6H,2,7H2,1H3,(H,16,20)(H,17,21). The molecule has 2 heterocycles. The third-order valence-corrected chi connectivity index (χ3v) is 3.46. The summed E-state index contributed by atoms with van der Waals surface area (Å²) < 4.78 is 11.9. The number of benzene rings is 1. The molecule has 0 bridgehead atoms. The summed E-state index contributed by atoms with van der Waals surface area (Å²) >= 11 is 5.93. The molecule has 3 rings (SSSR count). The Morgan fingerprint density at radius 2 is 2.00 bits per heavy atom. The molecule has 0 saturated heterocycles. The molecule has 0 radical (unpaired) electrons. The van der Waals surface area contributed by atoms with Crippen LogP contribution in [0, 0.1) is 0 Å². The molecular formula is C14H13ClN4O4. The van der Waals surface area contributed by atoms with E-state index in [0.717, 1.165) is 0 Å². The van der Waals surface area contributed by atoms with Crippen LogP contribution in [-0.2, 0) is 6.54 Å². The second-order valence-corrected chi connectivity index (χ2v) is 5.06. The first-order chi connectivity index (χ1) is 11.1. The van der Waals surface area contributed by atoms with E-state index < -0.39 is 11.8 Å². The van der Waals surface area contributed by atoms with Gasteiger partial charge in [0, 0.05) is 18.3 Å². The van der Waals surface area contributed by atoms with E-state index in [-0.39, 0.29) is 17.5 Å². The summed E-state index contributed by atoms with van der Waals surface area (Å²) in [4.78, 5) is 24.0. The fourth-order valence-electron chi connectivity index (χ4n) is 2.00. The Labute approximate surface area is 136 Å². The van der Waals surface area contributed by atoms with E-state index in [4.69, 9.17) is 21.1 Å². The zero-order valence-electron chi connectivity index (χ0n) is 12.1. The number of hydrazine groups is 1. The number of aryl methyl sites for hydroxylation is 1. The lowest BCUT2D eigenvalue weighted by atomic mass is 10.2. The van der Waals surface area contributed by atoms with Gasteiger partial charge in [0.15, 0.2) is 17.2 Å². The lowest BCUT2D eigenvalue weighted by Gasteiger charge is -2.07. The second-order valence-electron chi connectivity index (χ2n) is 4.66. The summed E-state index contributed by atoms with van der Waals surface area (Å²) in [5.74, 6) is -0.0461. The van der Waals surface area contributed by atoms with Crippen LogP contribution in [0.25, 0.3) is 0 Å². The van der Waals surface area contributed by atoms with Crippen molar-refractivity contribution in [2.75, 3.05) is 6.79 Å². The number of ether oxygens (including phenoxy) is 2. The molecule has 0 unspecified atom stereocenters. The lowest BCUT2D eigenvalue weighted by Crippen LogP contribution is -2.41. The largest absolute Gasteiger partial charge is 0.454 e. The first-order valence-corrected chi connectivity index (χ1v) is 7.19. The monoisotopic (exact) mass is 336 g/mol. The molecule has 8 nitrogen and oxygen atoms in total. The molecule has 23 heavy (non-hydrogen) atoms. The number of carbonyl (C=O) groups excluding carboxylic acids is 2. The molecule has 9 heteroatoms. The fourth-order valence-corrected chi connectivity index (χ4v) is 2.23. The fraction of sp³-hybridized carbons (Fsp3) is 0.214. The van der Waals surface area contributed by atoms with E-state index in [2.05, 4.69) is 16.0 Å². The van der Waals surface area contributed by atoms with E-state index in [1.54, 1.807) is 12.1 Å². The molecule has 120 valence electrons. The van der Waals surface area contributed by atoms with Crippen LogP contribution in [0.15, 0.2) is 24.4 Å². The summed E-state index contributed by atoms with van der Waals surface area (Å²) in [6.07, 6.45) is 1.54. The number of nitrogens with zero attached hydrogens (tertiary/aromatic N) is 2. The number of carbonyl (C=O) groups is 2. The molecule has 2 aromatic rings. The van der Waals surface area contributed by atoms with E-state index in [0.29, 0.717) is 23.6 Å². The van der Waals surface area contributed by atoms with Gasteiger partial charge in [-0.2, -0.15) is 5.10 Å². The van der Waals surface area contributed by atoms with Crippen LogP contribution in [-0.4, -0.2) is 28.4 Å². The Kier molecular flexibility index (Phi) is 4.07. The van der Waals surface area contributed by atoms with Crippen molar-refractivity contribution >= 4 is 23.4 Å². The number of nitrogens with one attached hydrogen (secondary N) is 2. The molecule has 0 fully saturated rings. The Morgan fingerprint density at radius 1 is 1.26 bits per heavy atom. The van der Waals surface area contributed by atoms with Crippen molar-refractivity contribution in [3.63, 3.8) is 0 Å². The number of rotatable bonds is 3. The topological polar surface area (TPSA) is 94.5 Å². The predicted molar refractivity (Wildman–Crippen MR) is 80.4 cm³/mol. The maximum absolute atomic E-state index is 12.0. The van der Waals surface area contributed by atoms with Crippen LogP contribution in [0.3, 0.4) is 0 Å². The van der Waals surface area contributed by atoms with Crippen molar-refractivity contribution in [2.45, 2.75) is 13.5 Å². The number of amides is 2. The van der Waals surface area contributed by atoms with Gasteiger partial charge >= 0.3 is 0 Å². The minimum absolute atomic E-state index is 0.0412. The Hall–Kier alpha value is -2.74. The average molecular weight is 337 g/mol. The van der Waals surface area contributed by atoms with E-state index in [1.807, 2.05) is 6.92 Å². The third kappa shape index (κ3) is 3.07. The van der Waals surface area contributed by atoms with Gasteiger partial charge in [0.05, 0.1) is 5.02 Å². The average Bonchev–Trinajstić information content (AvgIpc) is 3.17. The number of halogens is 1. The number of fused-ring (bicyclic) bond motifs is 1. The van der Waals surface area contributed by atoms with Crippen molar-refractivity contribution in [2.24, 2.45) is 0 Å². The lowest BCUT2D eigenvalue weighted by molar-refractivity contribution is 0.0843. The molecule has 1 aliphatic heterocycles. The number of hydrogen-bond acceptors (Lipinski definition) is 5. The summed E-state index contributed by atoms with van der Waals surface area (Å²) in [5.41, 5.74) is 4.93. The highest BCUT2D eigenvalue weighted by atomic mass is 35.5. The zero-order valence-corrected chi connectivity index (χ0v) is 12.9. The molecule has 0 aliphatic carbocycles. The van der Waals surface area contributed by atoms with E-state index >= 15 is 0 Å². The van der Waals surface area contributed by atoms with Crippen LogP contribution in [0.2, 0.25) is 5.02 Å². The quantitative estimate of drug-likeness (QED) is 0.825. The summed E-state index contributed by atoms with van der Waals surface area (Å²) in [6.45, 7) is 2.57. The first kappa shape index (κ1) is 15.2. The normalized spacial score (nSPS) is 12.1. The molecule has 1 aliphatic rings. The van der Waals surface area contributed by atoms with Crippen molar-refractivity contribution < 1.29 is 19.1 Å². The highest BCUT2D eigenvalue weighted by molar-refractivity contribution is 6.33. The minimum atomic E-state index is -0.601. The maximum Gasteiger partial charge on any atom is 0.291 e. The van der Waals surface area contributed by atoms with Gasteiger partial charge in [-0.05, 0) is 25.1 Å². The van der Waals surface area contributed by atoms with Crippen LogP contribution in [0.1, 0.15) is 27.8 Å². The van der Waals surface area contributed by atoms with Gasteiger partial charge in [0.2, 0.25) is 6.79 Å². The second kappa shape index (κ2) is 6.17. The Bertz CT molecular complexity index is 774. The van der Waals surface area contributed by atoms with Crippen molar-refractivity contribution in [1.82, 2.24) is 20.6 Å². The van der Waals surface area contributed by atoms with Crippen molar-refractivity contribution in [1.29, 1.82) is 0 Å². The van der Waals surface area contributed by atoms with Crippen molar-refractivity contribution in [3.8, 4) is 11.5 Å². The molecule has 2 N–H and O–H groups in total. The highest BCUT2D eigenvalue weighted by Gasteiger charge is 2.18. The molecule has 0 spiro atoms. The smallest absolute Gasteiger partial charge is 0.291 e. The van der Waals surface area contributed by atoms with Gasteiger partial charge in [-0.3, -0.25) is 25.1 Å². The SMILES string of the molecule is CCn1cc(Cl)c(C(=O)NNC(=O)c2ccc3c(c2)OCO3)n1. The van der Waals surface area contributed by atoms with Crippen molar-refractivity contribution in [3.05, 3.63) is 40.7 Å². The molecule has 1 aromatic carbocycles. The van der Waals surface area contributed by atoms with Crippen LogP contribution < -0.4 is 20.3 Å². The Balaban J connectivity index is 1.64. The predicted octanol–water partition coefficient (Wildman–Crippen LogP) is 1.36. The first-order valence-electron chi connectivity index (χ1n) is 6.81. The van der Waals surface area contributed by atoms with Gasteiger partial charge in [0.1, 0.15) is 0 Å². The van der Waals surface area contributed by atoms with Gasteiger partial charge in [0.25, 0.3) is 11.8 Å². The van der Waals surface area contributed by atoms with E-state index in [9.17, 15) is 9.59 Å². The van der Waals surface area contributed by atoms with Gasteiger partial charge in [-0.25, -0.2) is 0 Å². The molecule has 1 aromatic heterocycles. The van der Waals surface area contributed by atoms with E-state index in [1.165, 1.54) is 16.9 Å². The summed E-state index contributed by atoms with van der Waals surface area (Å²) in [5, 5.41) is 4.22. The molecule has 0 saturated carbocycles. The summed E-state index contributed by atoms with van der Waals surface area (Å²) in [7, 11) is 0. The maximum atomic E-state index is 12.0. The third-order valence-electron chi connectivity index (χ3n) is 3.18. The molecular weight excluding hydrogens is 324 g/mol. The zero-order chi connectivity index (χ0) is 16.4. The van der Waals surface area contributed by atoms with Gasteiger partial charge in [-0.1, -0.05) is 11.6 Å². The number of hydrogen-bond donors (Lipinski definition) is 2.